The summed E-state index contributed by atoms with van der Waals surface area (Å²) in [6.45, 7) is 0.498. The van der Waals surface area contributed by atoms with Crippen LogP contribution in [0.4, 0.5) is 5.69 Å². The van der Waals surface area contributed by atoms with Gasteiger partial charge in [0.05, 0.1) is 18.4 Å². The number of pyridine rings is 1. The molecule has 0 aliphatic carbocycles. The van der Waals surface area contributed by atoms with Crippen molar-refractivity contribution in [3.05, 3.63) is 48.5 Å². The van der Waals surface area contributed by atoms with Crippen LogP contribution in [-0.2, 0) is 4.79 Å². The molecule has 0 fully saturated rings. The van der Waals surface area contributed by atoms with Crippen LogP contribution in [0.1, 0.15) is 0 Å². The van der Waals surface area contributed by atoms with E-state index in [0.29, 0.717) is 12.1 Å². The van der Waals surface area contributed by atoms with E-state index >= 15 is 0 Å². The van der Waals surface area contributed by atoms with Crippen LogP contribution in [-0.4, -0.2) is 17.4 Å². The van der Waals surface area contributed by atoms with Crippen LogP contribution in [0, 0.1) is 0 Å². The number of anilines is 1. The van der Waals surface area contributed by atoms with E-state index in [9.17, 15) is 4.79 Å². The number of carbonyl (C=O) groups is 1. The van der Waals surface area contributed by atoms with Crippen molar-refractivity contribution in [3.63, 3.8) is 0 Å². The van der Waals surface area contributed by atoms with Crippen LogP contribution in [0.25, 0.3) is 0 Å². The van der Waals surface area contributed by atoms with Gasteiger partial charge in [0.15, 0.2) is 0 Å². The minimum Gasteiger partial charge on any atom is -0.366 e. The second-order valence-corrected chi connectivity index (χ2v) is 3.24. The Kier molecular flexibility index (Phi) is 2.49. The molecule has 0 saturated carbocycles. The van der Waals surface area contributed by atoms with E-state index in [1.54, 1.807) is 24.5 Å². The van der Waals surface area contributed by atoms with Gasteiger partial charge in [0, 0.05) is 18.0 Å². The minimum atomic E-state index is -0.381. The van der Waals surface area contributed by atoms with Gasteiger partial charge in [0.2, 0.25) is 5.91 Å². The number of amides is 1. The number of primary amides is 1. The maximum atomic E-state index is 11.0. The monoisotopic (exact) mass is 201 g/mol. The van der Waals surface area contributed by atoms with Crippen LogP contribution >= 0.6 is 0 Å². The first-order valence-electron chi connectivity index (χ1n) is 4.61. The summed E-state index contributed by atoms with van der Waals surface area (Å²) < 4.78 is 0. The summed E-state index contributed by atoms with van der Waals surface area (Å²) in [4.78, 5) is 17.0. The topological polar surface area (TPSA) is 59.2 Å². The average molecular weight is 201 g/mol. The van der Waals surface area contributed by atoms with Gasteiger partial charge in [0.25, 0.3) is 0 Å². The predicted octanol–water partition coefficient (Wildman–Crippen LogP) is 0.827. The number of hydrogen-bond donors (Lipinski definition) is 1. The van der Waals surface area contributed by atoms with Crippen molar-refractivity contribution < 1.29 is 4.79 Å². The summed E-state index contributed by atoms with van der Waals surface area (Å²) in [7, 11) is 0. The molecule has 15 heavy (non-hydrogen) atoms. The van der Waals surface area contributed by atoms with E-state index in [1.807, 2.05) is 23.2 Å². The minimum absolute atomic E-state index is 0.381. The van der Waals surface area contributed by atoms with E-state index in [4.69, 9.17) is 5.73 Å². The van der Waals surface area contributed by atoms with E-state index in [-0.39, 0.29) is 5.91 Å². The molecule has 0 aromatic carbocycles. The molecule has 2 rings (SSSR count). The average Bonchev–Trinajstić information content (AvgIpc) is 2.30. The molecule has 0 spiro atoms. The lowest BCUT2D eigenvalue weighted by molar-refractivity contribution is -0.114. The van der Waals surface area contributed by atoms with Crippen molar-refractivity contribution in [2.24, 2.45) is 5.73 Å². The Morgan fingerprint density at radius 1 is 1.53 bits per heavy atom. The van der Waals surface area contributed by atoms with Gasteiger partial charge in [0.1, 0.15) is 0 Å². The van der Waals surface area contributed by atoms with Gasteiger partial charge in [-0.2, -0.15) is 0 Å². The van der Waals surface area contributed by atoms with Gasteiger partial charge in [-0.25, -0.2) is 0 Å². The zero-order chi connectivity index (χ0) is 10.7. The Morgan fingerprint density at radius 2 is 2.40 bits per heavy atom. The number of nitrogens with two attached hydrogens (primary N) is 1. The summed E-state index contributed by atoms with van der Waals surface area (Å²) in [5.74, 6) is -0.381. The summed E-state index contributed by atoms with van der Waals surface area (Å²) in [5, 5.41) is 0. The van der Waals surface area contributed by atoms with Crippen molar-refractivity contribution in [2.45, 2.75) is 0 Å². The molecule has 2 heterocycles. The molecule has 1 aromatic rings. The molecule has 4 nitrogen and oxygen atoms in total. The lowest BCUT2D eigenvalue weighted by Gasteiger charge is -2.22. The number of carbonyl (C=O) groups excluding carboxylic acids is 1. The number of aromatic nitrogens is 1. The van der Waals surface area contributed by atoms with E-state index in [1.165, 1.54) is 0 Å². The lowest BCUT2D eigenvalue weighted by Crippen LogP contribution is -2.28. The normalized spacial score (nSPS) is 14.9. The van der Waals surface area contributed by atoms with Crippen molar-refractivity contribution >= 4 is 11.6 Å². The number of allylic oxidation sites excluding steroid dienone is 2. The highest BCUT2D eigenvalue weighted by molar-refractivity contribution is 5.93. The van der Waals surface area contributed by atoms with Gasteiger partial charge in [-0.3, -0.25) is 9.78 Å². The summed E-state index contributed by atoms with van der Waals surface area (Å²) >= 11 is 0. The van der Waals surface area contributed by atoms with Crippen molar-refractivity contribution in [3.8, 4) is 0 Å². The maximum absolute atomic E-state index is 11.0. The van der Waals surface area contributed by atoms with Crippen LogP contribution < -0.4 is 10.6 Å². The van der Waals surface area contributed by atoms with Crippen LogP contribution in [0.2, 0.25) is 0 Å². The van der Waals surface area contributed by atoms with E-state index in [2.05, 4.69) is 4.98 Å². The SMILES string of the molecule is NC(=O)C1=CC=CN(c2cccnc2)C1. The Labute approximate surface area is 87.7 Å². The lowest BCUT2D eigenvalue weighted by atomic mass is 10.1. The molecule has 1 aliphatic rings. The Morgan fingerprint density at radius 3 is 3.07 bits per heavy atom. The fourth-order valence-electron chi connectivity index (χ4n) is 1.41. The Hall–Kier alpha value is -2.10. The first-order chi connectivity index (χ1) is 7.27. The second-order valence-electron chi connectivity index (χ2n) is 3.24. The van der Waals surface area contributed by atoms with Gasteiger partial charge < -0.3 is 10.6 Å². The fourth-order valence-corrected chi connectivity index (χ4v) is 1.41. The molecule has 0 atom stereocenters. The van der Waals surface area contributed by atoms with Crippen molar-refractivity contribution in [1.29, 1.82) is 0 Å². The maximum Gasteiger partial charge on any atom is 0.246 e. The first-order valence-corrected chi connectivity index (χ1v) is 4.61. The standard InChI is InChI=1S/C11H11N3O/c12-11(15)9-3-2-6-14(8-9)10-4-1-5-13-7-10/h1-7H,8H2,(H2,12,15). The van der Waals surface area contributed by atoms with Crippen molar-refractivity contribution in [1.82, 2.24) is 4.98 Å². The number of rotatable bonds is 2. The molecule has 1 amide bonds. The Bertz CT molecular complexity index is 423. The summed E-state index contributed by atoms with van der Waals surface area (Å²) in [6, 6.07) is 3.78. The largest absolute Gasteiger partial charge is 0.366 e. The summed E-state index contributed by atoms with van der Waals surface area (Å²) in [6.07, 6.45) is 8.88. The third-order valence-corrected chi connectivity index (χ3v) is 2.20. The highest BCUT2D eigenvalue weighted by atomic mass is 16.1. The van der Waals surface area contributed by atoms with Gasteiger partial charge in [-0.15, -0.1) is 0 Å². The fraction of sp³-hybridized carbons (Fsp3) is 0.0909. The van der Waals surface area contributed by atoms with Crippen LogP contribution in [0.3, 0.4) is 0 Å². The molecule has 1 aliphatic heterocycles. The second kappa shape index (κ2) is 3.96. The molecular formula is C11H11N3O. The van der Waals surface area contributed by atoms with E-state index < -0.39 is 0 Å². The Balaban J connectivity index is 2.19. The first kappa shape index (κ1) is 9.45. The molecule has 0 unspecified atom stereocenters. The quantitative estimate of drug-likeness (QED) is 0.770. The van der Waals surface area contributed by atoms with Crippen LogP contribution in [0.15, 0.2) is 48.5 Å². The smallest absolute Gasteiger partial charge is 0.246 e. The summed E-state index contributed by atoms with van der Waals surface area (Å²) in [5.41, 5.74) is 6.77. The number of nitrogens with zero attached hydrogens (tertiary/aromatic N) is 2. The highest BCUT2D eigenvalue weighted by Crippen LogP contribution is 2.16. The van der Waals surface area contributed by atoms with E-state index in [0.717, 1.165) is 5.69 Å². The molecule has 0 saturated heterocycles. The molecule has 2 N–H and O–H groups in total. The van der Waals surface area contributed by atoms with Gasteiger partial charge >= 0.3 is 0 Å². The third-order valence-electron chi connectivity index (χ3n) is 2.20. The van der Waals surface area contributed by atoms with Gasteiger partial charge in [-0.05, 0) is 18.2 Å². The third kappa shape index (κ3) is 2.04. The molecule has 0 bridgehead atoms. The predicted molar refractivity (Wildman–Crippen MR) is 58.0 cm³/mol. The molecule has 0 radical (unpaired) electrons. The highest BCUT2D eigenvalue weighted by Gasteiger charge is 2.12. The zero-order valence-electron chi connectivity index (χ0n) is 8.13. The molecular weight excluding hydrogens is 190 g/mol. The number of hydrogen-bond acceptors (Lipinski definition) is 3. The van der Waals surface area contributed by atoms with Gasteiger partial charge in [-0.1, -0.05) is 6.08 Å². The molecule has 1 aromatic heterocycles. The molecule has 4 heteroatoms. The van der Waals surface area contributed by atoms with Crippen LogP contribution in [0.5, 0.6) is 0 Å². The van der Waals surface area contributed by atoms with Crippen molar-refractivity contribution in [2.75, 3.05) is 11.4 Å². The zero-order valence-corrected chi connectivity index (χ0v) is 8.13. The molecule has 76 valence electrons.